The van der Waals surface area contributed by atoms with Gasteiger partial charge in [0.2, 0.25) is 10.0 Å². The van der Waals surface area contributed by atoms with E-state index in [1.165, 1.54) is 17.4 Å². The Morgan fingerprint density at radius 3 is 2.66 bits per heavy atom. The number of hydrogen-bond acceptors (Lipinski definition) is 3. The number of hydrogen-bond donors (Lipinski definition) is 2. The summed E-state index contributed by atoms with van der Waals surface area (Å²) < 4.78 is 41.2. The molecule has 4 aromatic rings. The molecule has 5 rings (SSSR count). The van der Waals surface area contributed by atoms with Crippen LogP contribution in [0.1, 0.15) is 30.2 Å². The van der Waals surface area contributed by atoms with Crippen LogP contribution in [0.4, 0.5) is 10.1 Å². The van der Waals surface area contributed by atoms with Crippen molar-refractivity contribution in [2.75, 3.05) is 11.0 Å². The molecule has 0 spiro atoms. The Kier molecular flexibility index (Phi) is 4.05. The summed E-state index contributed by atoms with van der Waals surface area (Å²) in [6, 6.07) is 13.0. The highest BCUT2D eigenvalue weighted by Gasteiger charge is 2.46. The normalized spacial score (nSPS) is 16.9. The van der Waals surface area contributed by atoms with Crippen LogP contribution in [0, 0.1) is 11.7 Å². The summed E-state index contributed by atoms with van der Waals surface area (Å²) in [5, 5.41) is 1.92. The monoisotopic (exact) mass is 428 g/mol. The second-order valence-electron chi connectivity index (χ2n) is 8.05. The maximum Gasteiger partial charge on any atom is 0.229 e. The predicted molar refractivity (Wildman–Crippen MR) is 118 cm³/mol. The molecule has 150 valence electrons. The largest absolute Gasteiger partial charge is 0.359 e. The molecule has 0 aliphatic heterocycles. The van der Waals surface area contributed by atoms with Crippen molar-refractivity contribution >= 4 is 48.0 Å². The molecule has 0 saturated heterocycles. The molecule has 0 radical (unpaired) electrons. The van der Waals surface area contributed by atoms with Gasteiger partial charge in [0, 0.05) is 21.9 Å². The molecule has 1 unspecified atom stereocenters. The van der Waals surface area contributed by atoms with Gasteiger partial charge in [-0.25, -0.2) is 12.8 Å². The first-order chi connectivity index (χ1) is 13.8. The zero-order valence-electron chi connectivity index (χ0n) is 16.1. The van der Waals surface area contributed by atoms with E-state index in [-0.39, 0.29) is 11.2 Å². The Bertz CT molecular complexity index is 1350. The standard InChI is InChI=1S/C22H21FN2O2S2/c1-22(14-9-10-14,19-11-13-5-3-7-17(23)21(13)28-19)16-12-24-20-15(16)6-4-8-18(20)25-29(2,26)27/h3-8,11-12,14,24-25H,9-10H2,1-2H3. The maximum atomic E-state index is 14.3. The van der Waals surface area contributed by atoms with Gasteiger partial charge >= 0.3 is 0 Å². The Morgan fingerprint density at radius 2 is 1.97 bits per heavy atom. The van der Waals surface area contributed by atoms with E-state index in [9.17, 15) is 12.8 Å². The van der Waals surface area contributed by atoms with E-state index in [2.05, 4.69) is 22.7 Å². The van der Waals surface area contributed by atoms with Gasteiger partial charge in [0.15, 0.2) is 0 Å². The number of H-pyrrole nitrogens is 1. The van der Waals surface area contributed by atoms with Crippen LogP contribution in [0.3, 0.4) is 0 Å². The third kappa shape index (κ3) is 3.04. The van der Waals surface area contributed by atoms with Crippen LogP contribution in [0.5, 0.6) is 0 Å². The van der Waals surface area contributed by atoms with E-state index in [4.69, 9.17) is 0 Å². The first kappa shape index (κ1) is 18.6. The molecule has 2 heterocycles. The molecule has 1 atom stereocenters. The van der Waals surface area contributed by atoms with Crippen molar-refractivity contribution in [3.05, 3.63) is 64.9 Å². The lowest BCUT2D eigenvalue weighted by Gasteiger charge is -2.29. The summed E-state index contributed by atoms with van der Waals surface area (Å²) >= 11 is 1.52. The van der Waals surface area contributed by atoms with E-state index >= 15 is 0 Å². The summed E-state index contributed by atoms with van der Waals surface area (Å²) in [6.45, 7) is 2.23. The summed E-state index contributed by atoms with van der Waals surface area (Å²) in [6.07, 6.45) is 5.38. The SMILES string of the molecule is CC(c1cc2cccc(F)c2s1)(c1c[nH]c2c(NS(C)(=O)=O)cccc12)C1CC1. The molecule has 1 aliphatic carbocycles. The fourth-order valence-corrected chi connectivity index (χ4v) is 6.24. The van der Waals surface area contributed by atoms with E-state index in [1.807, 2.05) is 24.4 Å². The molecule has 1 saturated carbocycles. The lowest BCUT2D eigenvalue weighted by molar-refractivity contribution is 0.509. The fraction of sp³-hybridized carbons (Fsp3) is 0.273. The summed E-state index contributed by atoms with van der Waals surface area (Å²) in [5.74, 6) is 0.291. The van der Waals surface area contributed by atoms with Gasteiger partial charge in [-0.3, -0.25) is 4.72 Å². The minimum absolute atomic E-state index is 0.185. The van der Waals surface area contributed by atoms with Crippen LogP contribution < -0.4 is 4.72 Å². The molecule has 0 bridgehead atoms. The quantitative estimate of drug-likeness (QED) is 0.434. The molecule has 2 aromatic heterocycles. The molecular weight excluding hydrogens is 407 g/mol. The summed E-state index contributed by atoms with van der Waals surface area (Å²) in [4.78, 5) is 4.43. The zero-order valence-corrected chi connectivity index (χ0v) is 17.8. The Morgan fingerprint density at radius 1 is 1.21 bits per heavy atom. The van der Waals surface area contributed by atoms with Crippen LogP contribution in [0.2, 0.25) is 0 Å². The minimum atomic E-state index is -3.38. The molecule has 0 amide bonds. The molecule has 2 aromatic carbocycles. The number of aromatic amines is 1. The van der Waals surface area contributed by atoms with Gasteiger partial charge in [0.05, 0.1) is 22.2 Å². The molecule has 1 aliphatic rings. The van der Waals surface area contributed by atoms with Crippen LogP contribution in [-0.4, -0.2) is 19.7 Å². The Balaban J connectivity index is 1.71. The molecule has 7 heteroatoms. The average molecular weight is 429 g/mol. The first-order valence-corrected chi connectivity index (χ1v) is 12.2. The highest BCUT2D eigenvalue weighted by molar-refractivity contribution is 7.92. The van der Waals surface area contributed by atoms with Gasteiger partial charge in [-0.15, -0.1) is 11.3 Å². The van der Waals surface area contributed by atoms with E-state index in [0.717, 1.165) is 45.8 Å². The van der Waals surface area contributed by atoms with E-state index in [1.54, 1.807) is 12.1 Å². The number of nitrogens with one attached hydrogen (secondary N) is 2. The molecular formula is C22H21FN2O2S2. The van der Waals surface area contributed by atoms with E-state index in [0.29, 0.717) is 16.3 Å². The van der Waals surface area contributed by atoms with Gasteiger partial charge in [-0.2, -0.15) is 0 Å². The van der Waals surface area contributed by atoms with E-state index < -0.39 is 10.0 Å². The van der Waals surface area contributed by atoms with Crippen molar-refractivity contribution in [2.45, 2.75) is 25.2 Å². The maximum absolute atomic E-state index is 14.3. The summed E-state index contributed by atoms with van der Waals surface area (Å²) in [7, 11) is -3.38. The van der Waals surface area contributed by atoms with Crippen molar-refractivity contribution in [1.82, 2.24) is 4.98 Å². The number of anilines is 1. The van der Waals surface area contributed by atoms with Crippen LogP contribution >= 0.6 is 11.3 Å². The number of sulfonamides is 1. The number of benzene rings is 2. The average Bonchev–Trinajstić information content (AvgIpc) is 3.26. The fourth-order valence-electron chi connectivity index (χ4n) is 4.37. The minimum Gasteiger partial charge on any atom is -0.359 e. The number of fused-ring (bicyclic) bond motifs is 2. The number of rotatable bonds is 5. The molecule has 4 nitrogen and oxygen atoms in total. The highest BCUT2D eigenvalue weighted by atomic mass is 32.2. The van der Waals surface area contributed by atoms with Crippen LogP contribution in [0.15, 0.2) is 48.7 Å². The highest BCUT2D eigenvalue weighted by Crippen LogP contribution is 2.55. The smallest absolute Gasteiger partial charge is 0.229 e. The lowest BCUT2D eigenvalue weighted by atomic mass is 9.76. The topological polar surface area (TPSA) is 62.0 Å². The van der Waals surface area contributed by atoms with Crippen molar-refractivity contribution in [1.29, 1.82) is 0 Å². The number of aromatic nitrogens is 1. The van der Waals surface area contributed by atoms with Crippen molar-refractivity contribution in [3.8, 4) is 0 Å². The van der Waals surface area contributed by atoms with Gasteiger partial charge in [-0.05, 0) is 47.9 Å². The first-order valence-electron chi connectivity index (χ1n) is 9.54. The van der Waals surface area contributed by atoms with Gasteiger partial charge in [0.25, 0.3) is 0 Å². The number of para-hydroxylation sites is 1. The van der Waals surface area contributed by atoms with Crippen molar-refractivity contribution in [3.63, 3.8) is 0 Å². The molecule has 2 N–H and O–H groups in total. The van der Waals surface area contributed by atoms with Gasteiger partial charge in [-0.1, -0.05) is 31.2 Å². The molecule has 1 fully saturated rings. The van der Waals surface area contributed by atoms with Crippen LogP contribution in [0.25, 0.3) is 21.0 Å². The van der Waals surface area contributed by atoms with Crippen molar-refractivity contribution < 1.29 is 12.8 Å². The lowest BCUT2D eigenvalue weighted by Crippen LogP contribution is -2.24. The number of halogens is 1. The van der Waals surface area contributed by atoms with Gasteiger partial charge in [0.1, 0.15) is 5.82 Å². The van der Waals surface area contributed by atoms with Crippen molar-refractivity contribution in [2.24, 2.45) is 5.92 Å². The zero-order chi connectivity index (χ0) is 20.4. The van der Waals surface area contributed by atoms with Gasteiger partial charge < -0.3 is 4.98 Å². The molecule has 29 heavy (non-hydrogen) atoms. The summed E-state index contributed by atoms with van der Waals surface area (Å²) in [5.41, 5.74) is 2.17. The third-order valence-corrected chi connectivity index (χ3v) is 7.96. The van der Waals surface area contributed by atoms with Crippen LogP contribution in [-0.2, 0) is 15.4 Å². The second-order valence-corrected chi connectivity index (χ2v) is 10.9. The predicted octanol–water partition coefficient (Wildman–Crippen LogP) is 5.61. The Labute approximate surface area is 172 Å². The Hall–Kier alpha value is -2.38. The third-order valence-electron chi connectivity index (χ3n) is 5.97. The second kappa shape index (κ2) is 6.31. The number of thiophene rings is 1.